The molecule has 1 atom stereocenters. The van der Waals surface area contributed by atoms with Crippen molar-refractivity contribution < 1.29 is 4.79 Å². The summed E-state index contributed by atoms with van der Waals surface area (Å²) in [4.78, 5) is 16.3. The molecule has 0 saturated heterocycles. The van der Waals surface area contributed by atoms with Crippen LogP contribution in [0.4, 0.5) is 0 Å². The van der Waals surface area contributed by atoms with Gasteiger partial charge in [0, 0.05) is 38.1 Å². The van der Waals surface area contributed by atoms with Gasteiger partial charge in [-0.15, -0.1) is 0 Å². The van der Waals surface area contributed by atoms with Gasteiger partial charge in [-0.2, -0.15) is 5.10 Å². The summed E-state index contributed by atoms with van der Waals surface area (Å²) in [6.07, 6.45) is 4.38. The molecule has 0 aliphatic carbocycles. The van der Waals surface area contributed by atoms with Crippen LogP contribution in [-0.4, -0.2) is 31.8 Å². The average Bonchev–Trinajstić information content (AvgIpc) is 2.94. The van der Waals surface area contributed by atoms with E-state index in [0.29, 0.717) is 6.54 Å². The molecule has 0 aromatic carbocycles. The summed E-state index contributed by atoms with van der Waals surface area (Å²) in [7, 11) is 1.95. The first-order valence-corrected chi connectivity index (χ1v) is 6.75. The Morgan fingerprint density at radius 2 is 2.20 bits per heavy atom. The number of carbonyl (C=O) groups excluding carboxylic acids is 1. The quantitative estimate of drug-likeness (QED) is 0.890. The fraction of sp³-hybridized carbons (Fsp3) is 0.500. The van der Waals surface area contributed by atoms with Crippen molar-refractivity contribution >= 4 is 5.91 Å². The van der Waals surface area contributed by atoms with E-state index < -0.39 is 0 Å². The van der Waals surface area contributed by atoms with E-state index in [9.17, 15) is 4.79 Å². The molecular weight excluding hydrogens is 254 g/mol. The topological polar surface area (TPSA) is 64.7 Å². The molecule has 20 heavy (non-hydrogen) atoms. The van der Waals surface area contributed by atoms with Crippen LogP contribution >= 0.6 is 0 Å². The van der Waals surface area contributed by atoms with Crippen LogP contribution in [0, 0.1) is 13.8 Å². The van der Waals surface area contributed by atoms with Crippen LogP contribution in [-0.2, 0) is 18.3 Å². The lowest BCUT2D eigenvalue weighted by molar-refractivity contribution is -0.124. The summed E-state index contributed by atoms with van der Waals surface area (Å²) in [6.45, 7) is 6.32. The minimum atomic E-state index is -0.301. The van der Waals surface area contributed by atoms with Crippen LogP contribution in [0.15, 0.2) is 18.5 Å². The Bertz CT molecular complexity index is 598. The van der Waals surface area contributed by atoms with Crippen LogP contribution in [0.25, 0.3) is 0 Å². The highest BCUT2D eigenvalue weighted by Crippen LogP contribution is 2.10. The highest BCUT2D eigenvalue weighted by Gasteiger charge is 2.17. The number of hydrogen-bond donors (Lipinski definition) is 1. The average molecular weight is 275 g/mol. The van der Waals surface area contributed by atoms with E-state index in [2.05, 4.69) is 15.4 Å². The summed E-state index contributed by atoms with van der Waals surface area (Å²) in [5.41, 5.74) is 1.92. The van der Waals surface area contributed by atoms with Gasteiger partial charge in [0.2, 0.25) is 5.91 Å². The zero-order chi connectivity index (χ0) is 14.7. The number of imidazole rings is 1. The SMILES string of the molecule is Cc1cc(C)n([C@H](C)C(=O)NCCc2nccn2C)n1. The molecule has 1 amide bonds. The van der Waals surface area contributed by atoms with Crippen LogP contribution in [0.5, 0.6) is 0 Å². The minimum absolute atomic E-state index is 0.0228. The molecule has 0 bridgehead atoms. The van der Waals surface area contributed by atoms with Crippen molar-refractivity contribution in [1.29, 1.82) is 0 Å². The summed E-state index contributed by atoms with van der Waals surface area (Å²) in [5, 5.41) is 7.27. The van der Waals surface area contributed by atoms with Gasteiger partial charge in [0.05, 0.1) is 5.69 Å². The molecule has 1 N–H and O–H groups in total. The Morgan fingerprint density at radius 3 is 2.75 bits per heavy atom. The van der Waals surface area contributed by atoms with E-state index in [1.807, 2.05) is 44.6 Å². The Kier molecular flexibility index (Phi) is 4.22. The van der Waals surface area contributed by atoms with Crippen LogP contribution in [0.1, 0.15) is 30.2 Å². The van der Waals surface area contributed by atoms with Gasteiger partial charge in [0.1, 0.15) is 11.9 Å². The molecule has 2 aromatic heterocycles. The Balaban J connectivity index is 1.89. The number of carbonyl (C=O) groups is 1. The lowest BCUT2D eigenvalue weighted by Gasteiger charge is -2.14. The second kappa shape index (κ2) is 5.90. The second-order valence-electron chi connectivity index (χ2n) is 5.04. The Morgan fingerprint density at radius 1 is 1.45 bits per heavy atom. The Hall–Kier alpha value is -2.11. The molecule has 6 heteroatoms. The number of aromatic nitrogens is 4. The first-order valence-electron chi connectivity index (χ1n) is 6.75. The largest absolute Gasteiger partial charge is 0.354 e. The van der Waals surface area contributed by atoms with Crippen molar-refractivity contribution in [3.05, 3.63) is 35.7 Å². The third kappa shape index (κ3) is 3.07. The second-order valence-corrected chi connectivity index (χ2v) is 5.04. The number of hydrogen-bond acceptors (Lipinski definition) is 3. The van der Waals surface area contributed by atoms with Gasteiger partial charge in [-0.05, 0) is 26.8 Å². The van der Waals surface area contributed by atoms with E-state index in [-0.39, 0.29) is 11.9 Å². The van der Waals surface area contributed by atoms with E-state index in [0.717, 1.165) is 23.6 Å². The molecule has 0 saturated carbocycles. The molecule has 6 nitrogen and oxygen atoms in total. The monoisotopic (exact) mass is 275 g/mol. The standard InChI is InChI=1S/C14H21N5O/c1-10-9-11(2)19(17-10)12(3)14(20)16-6-5-13-15-7-8-18(13)4/h7-9,12H,5-6H2,1-4H3,(H,16,20)/t12-/m1/s1. The molecule has 2 heterocycles. The third-order valence-corrected chi connectivity index (χ3v) is 3.36. The predicted octanol–water partition coefficient (Wildman–Crippen LogP) is 1.15. The molecule has 0 aliphatic rings. The number of nitrogens with zero attached hydrogens (tertiary/aromatic N) is 4. The van der Waals surface area contributed by atoms with Crippen molar-refractivity contribution in [1.82, 2.24) is 24.6 Å². The fourth-order valence-electron chi connectivity index (χ4n) is 2.23. The van der Waals surface area contributed by atoms with E-state index in [1.165, 1.54) is 0 Å². The summed E-state index contributed by atoms with van der Waals surface area (Å²) < 4.78 is 3.71. The molecule has 2 rings (SSSR count). The van der Waals surface area contributed by atoms with Crippen molar-refractivity contribution in [3.8, 4) is 0 Å². The molecule has 0 fully saturated rings. The lowest BCUT2D eigenvalue weighted by atomic mass is 10.3. The summed E-state index contributed by atoms with van der Waals surface area (Å²) in [6, 6.07) is 1.67. The first-order chi connectivity index (χ1) is 9.49. The smallest absolute Gasteiger partial charge is 0.244 e. The van der Waals surface area contributed by atoms with Crippen molar-refractivity contribution in [2.24, 2.45) is 7.05 Å². The molecule has 2 aromatic rings. The highest BCUT2D eigenvalue weighted by molar-refractivity contribution is 5.79. The zero-order valence-corrected chi connectivity index (χ0v) is 12.4. The van der Waals surface area contributed by atoms with Crippen molar-refractivity contribution in [2.75, 3.05) is 6.54 Å². The van der Waals surface area contributed by atoms with Gasteiger partial charge in [0.15, 0.2) is 0 Å². The number of nitrogens with one attached hydrogen (secondary N) is 1. The molecule has 0 radical (unpaired) electrons. The molecule has 108 valence electrons. The van der Waals surface area contributed by atoms with Gasteiger partial charge in [-0.1, -0.05) is 0 Å². The fourth-order valence-corrected chi connectivity index (χ4v) is 2.23. The molecule has 0 unspecified atom stereocenters. The Labute approximate surface area is 118 Å². The highest BCUT2D eigenvalue weighted by atomic mass is 16.2. The van der Waals surface area contributed by atoms with Crippen molar-refractivity contribution in [3.63, 3.8) is 0 Å². The van der Waals surface area contributed by atoms with Crippen molar-refractivity contribution in [2.45, 2.75) is 33.2 Å². The number of rotatable bonds is 5. The summed E-state index contributed by atoms with van der Waals surface area (Å²) in [5.74, 6) is 0.939. The van der Waals surface area contributed by atoms with E-state index in [1.54, 1.807) is 10.9 Å². The van der Waals surface area contributed by atoms with Crippen LogP contribution < -0.4 is 5.32 Å². The van der Waals surface area contributed by atoms with E-state index >= 15 is 0 Å². The normalized spacial score (nSPS) is 12.4. The number of amides is 1. The molecule has 0 aliphatic heterocycles. The van der Waals surface area contributed by atoms with E-state index in [4.69, 9.17) is 0 Å². The molecule has 0 spiro atoms. The van der Waals surface area contributed by atoms with Gasteiger partial charge >= 0.3 is 0 Å². The maximum atomic E-state index is 12.1. The van der Waals surface area contributed by atoms with Gasteiger partial charge in [0.25, 0.3) is 0 Å². The van der Waals surface area contributed by atoms with Crippen LogP contribution in [0.2, 0.25) is 0 Å². The van der Waals surface area contributed by atoms with Crippen LogP contribution in [0.3, 0.4) is 0 Å². The lowest BCUT2D eigenvalue weighted by Crippen LogP contribution is -2.33. The van der Waals surface area contributed by atoms with Gasteiger partial charge in [-0.3, -0.25) is 9.48 Å². The number of aryl methyl sites for hydroxylation is 3. The van der Waals surface area contributed by atoms with Gasteiger partial charge < -0.3 is 9.88 Å². The minimum Gasteiger partial charge on any atom is -0.354 e. The molecular formula is C14H21N5O. The van der Waals surface area contributed by atoms with Gasteiger partial charge in [-0.25, -0.2) is 4.98 Å². The maximum absolute atomic E-state index is 12.1. The maximum Gasteiger partial charge on any atom is 0.244 e. The zero-order valence-electron chi connectivity index (χ0n) is 12.4. The predicted molar refractivity (Wildman–Crippen MR) is 76.3 cm³/mol. The first kappa shape index (κ1) is 14.3. The summed E-state index contributed by atoms with van der Waals surface area (Å²) >= 11 is 0. The third-order valence-electron chi connectivity index (χ3n) is 3.36.